The Bertz CT molecular complexity index is 1150. The molecule has 2 aliphatic heterocycles. The number of likely N-dealkylation sites (tertiary alicyclic amines) is 1. The van der Waals surface area contributed by atoms with Crippen molar-refractivity contribution < 1.29 is 14.3 Å². The maximum Gasteiger partial charge on any atom is 0.254 e. The number of benzene rings is 3. The molecule has 34 heavy (non-hydrogen) atoms. The molecule has 2 fully saturated rings. The highest BCUT2D eigenvalue weighted by Crippen LogP contribution is 2.32. The maximum absolute atomic E-state index is 13.6. The highest BCUT2D eigenvalue weighted by molar-refractivity contribution is 6.00. The number of amides is 2. The summed E-state index contributed by atoms with van der Waals surface area (Å²) in [5.74, 6) is 0.0907. The molecule has 1 atom stereocenters. The number of morpholine rings is 1. The maximum atomic E-state index is 13.6. The number of carbonyl (C=O) groups excluding carboxylic acids is 2. The highest BCUT2D eigenvalue weighted by Gasteiger charge is 2.41. The van der Waals surface area contributed by atoms with Crippen molar-refractivity contribution >= 4 is 11.8 Å². The van der Waals surface area contributed by atoms with Crippen LogP contribution in [0.1, 0.15) is 35.2 Å². The van der Waals surface area contributed by atoms with Gasteiger partial charge in [-0.3, -0.25) is 9.59 Å². The van der Waals surface area contributed by atoms with Gasteiger partial charge in [-0.1, -0.05) is 78.9 Å². The van der Waals surface area contributed by atoms with Gasteiger partial charge >= 0.3 is 0 Å². The van der Waals surface area contributed by atoms with E-state index in [0.29, 0.717) is 26.2 Å². The van der Waals surface area contributed by atoms with E-state index < -0.39 is 5.60 Å². The van der Waals surface area contributed by atoms with Gasteiger partial charge < -0.3 is 14.5 Å². The first-order valence-electron chi connectivity index (χ1n) is 12.0. The molecule has 0 aromatic heterocycles. The molecule has 3 aromatic carbocycles. The lowest BCUT2D eigenvalue weighted by atomic mass is 9.92. The second-order valence-corrected chi connectivity index (χ2v) is 9.26. The summed E-state index contributed by atoms with van der Waals surface area (Å²) in [7, 11) is 0. The van der Waals surface area contributed by atoms with E-state index in [1.54, 1.807) is 0 Å². The van der Waals surface area contributed by atoms with E-state index >= 15 is 0 Å². The molecule has 0 N–H and O–H groups in total. The van der Waals surface area contributed by atoms with Crippen LogP contribution in [0.3, 0.4) is 0 Å². The van der Waals surface area contributed by atoms with Crippen LogP contribution in [0, 0.1) is 0 Å². The van der Waals surface area contributed by atoms with E-state index in [9.17, 15) is 9.59 Å². The summed E-state index contributed by atoms with van der Waals surface area (Å²) >= 11 is 0. The van der Waals surface area contributed by atoms with Crippen molar-refractivity contribution in [2.45, 2.75) is 31.4 Å². The second kappa shape index (κ2) is 9.82. The summed E-state index contributed by atoms with van der Waals surface area (Å²) in [5, 5.41) is 0. The van der Waals surface area contributed by atoms with Crippen molar-refractivity contribution in [1.29, 1.82) is 0 Å². The fourth-order valence-electron chi connectivity index (χ4n) is 5.12. The van der Waals surface area contributed by atoms with Crippen molar-refractivity contribution in [3.63, 3.8) is 0 Å². The number of ether oxygens (including phenoxy) is 1. The fourth-order valence-corrected chi connectivity index (χ4v) is 5.12. The highest BCUT2D eigenvalue weighted by atomic mass is 16.5. The van der Waals surface area contributed by atoms with Gasteiger partial charge in [-0.2, -0.15) is 0 Å². The van der Waals surface area contributed by atoms with Crippen molar-refractivity contribution in [3.05, 3.63) is 96.1 Å². The summed E-state index contributed by atoms with van der Waals surface area (Å²) in [4.78, 5) is 30.0. The normalized spacial score (nSPS) is 20.9. The van der Waals surface area contributed by atoms with Crippen molar-refractivity contribution in [3.8, 4) is 11.1 Å². The lowest BCUT2D eigenvalue weighted by Crippen LogP contribution is -2.54. The van der Waals surface area contributed by atoms with Crippen LogP contribution in [0.25, 0.3) is 11.1 Å². The third kappa shape index (κ3) is 4.75. The van der Waals surface area contributed by atoms with Crippen LogP contribution < -0.4 is 0 Å². The van der Waals surface area contributed by atoms with Gasteiger partial charge in [-0.05, 0) is 42.0 Å². The molecular formula is C29H30N2O3. The first-order valence-corrected chi connectivity index (χ1v) is 12.0. The standard InChI is InChI=1S/C29H30N2O3/c32-27-21-34-29(22-31(27)20-23-10-3-1-4-11-23)16-9-18-30(19-17-29)28(33)26-15-8-7-14-25(26)24-12-5-2-6-13-24/h1-8,10-15H,9,16-22H2/t29-/m0/s1. The third-order valence-corrected chi connectivity index (χ3v) is 6.98. The summed E-state index contributed by atoms with van der Waals surface area (Å²) in [6, 6.07) is 28.0. The van der Waals surface area contributed by atoms with Gasteiger partial charge in [0, 0.05) is 25.2 Å². The summed E-state index contributed by atoms with van der Waals surface area (Å²) in [6.45, 7) is 2.59. The lowest BCUT2D eigenvalue weighted by Gasteiger charge is -2.42. The Morgan fingerprint density at radius 2 is 1.56 bits per heavy atom. The zero-order valence-corrected chi connectivity index (χ0v) is 19.4. The number of nitrogens with zero attached hydrogens (tertiary/aromatic N) is 2. The quantitative estimate of drug-likeness (QED) is 0.570. The van der Waals surface area contributed by atoms with Crippen LogP contribution in [-0.4, -0.2) is 53.5 Å². The third-order valence-electron chi connectivity index (χ3n) is 6.98. The molecule has 5 rings (SSSR count). The number of carbonyl (C=O) groups is 2. The number of rotatable bonds is 4. The van der Waals surface area contributed by atoms with Gasteiger partial charge in [0.05, 0.1) is 12.1 Å². The molecule has 1 spiro atoms. The number of hydrogen-bond donors (Lipinski definition) is 0. The SMILES string of the molecule is O=C1CO[C@]2(CCCN(C(=O)c3ccccc3-c3ccccc3)CC2)CN1Cc1ccccc1. The Morgan fingerprint density at radius 1 is 0.853 bits per heavy atom. The van der Waals surface area contributed by atoms with E-state index in [0.717, 1.165) is 41.5 Å². The minimum Gasteiger partial charge on any atom is -0.363 e. The minimum absolute atomic E-state index is 0.0310. The second-order valence-electron chi connectivity index (χ2n) is 9.26. The van der Waals surface area contributed by atoms with E-state index in [1.165, 1.54) is 0 Å². The Labute approximate surface area is 201 Å². The van der Waals surface area contributed by atoms with Crippen LogP contribution in [0.5, 0.6) is 0 Å². The van der Waals surface area contributed by atoms with Crippen LogP contribution in [0.15, 0.2) is 84.9 Å². The molecule has 0 unspecified atom stereocenters. The Balaban J connectivity index is 1.30. The van der Waals surface area contributed by atoms with Gasteiger partial charge in [-0.15, -0.1) is 0 Å². The summed E-state index contributed by atoms with van der Waals surface area (Å²) < 4.78 is 6.16. The zero-order chi connectivity index (χ0) is 23.4. The molecule has 5 heteroatoms. The van der Waals surface area contributed by atoms with E-state index in [-0.39, 0.29) is 18.4 Å². The van der Waals surface area contributed by atoms with Crippen molar-refractivity contribution in [2.24, 2.45) is 0 Å². The minimum atomic E-state index is -0.392. The van der Waals surface area contributed by atoms with Crippen LogP contribution in [0.2, 0.25) is 0 Å². The average Bonchev–Trinajstić information content (AvgIpc) is 3.10. The number of hydrogen-bond acceptors (Lipinski definition) is 3. The Hall–Kier alpha value is -3.44. The average molecular weight is 455 g/mol. The van der Waals surface area contributed by atoms with Gasteiger partial charge in [0.25, 0.3) is 5.91 Å². The molecule has 5 nitrogen and oxygen atoms in total. The molecule has 174 valence electrons. The molecule has 2 saturated heterocycles. The largest absolute Gasteiger partial charge is 0.363 e. The fraction of sp³-hybridized carbons (Fsp3) is 0.310. The molecular weight excluding hydrogens is 424 g/mol. The van der Waals surface area contributed by atoms with E-state index in [2.05, 4.69) is 0 Å². The smallest absolute Gasteiger partial charge is 0.254 e. The molecule has 0 aliphatic carbocycles. The van der Waals surface area contributed by atoms with Crippen molar-refractivity contribution in [2.75, 3.05) is 26.2 Å². The monoisotopic (exact) mass is 454 g/mol. The molecule has 0 radical (unpaired) electrons. The topological polar surface area (TPSA) is 49.9 Å². The predicted octanol–water partition coefficient (Wildman–Crippen LogP) is 4.78. The Morgan fingerprint density at radius 3 is 2.35 bits per heavy atom. The van der Waals surface area contributed by atoms with Gasteiger partial charge in [0.15, 0.2) is 0 Å². The zero-order valence-electron chi connectivity index (χ0n) is 19.4. The molecule has 2 heterocycles. The first-order chi connectivity index (χ1) is 16.6. The lowest BCUT2D eigenvalue weighted by molar-refractivity contribution is -0.166. The van der Waals surface area contributed by atoms with Gasteiger partial charge in [0.1, 0.15) is 6.61 Å². The molecule has 0 saturated carbocycles. The molecule has 2 amide bonds. The van der Waals surface area contributed by atoms with Crippen molar-refractivity contribution in [1.82, 2.24) is 9.80 Å². The van der Waals surface area contributed by atoms with Gasteiger partial charge in [-0.25, -0.2) is 0 Å². The first kappa shape index (κ1) is 22.4. The predicted molar refractivity (Wildman–Crippen MR) is 132 cm³/mol. The van der Waals surface area contributed by atoms with Crippen LogP contribution in [-0.2, 0) is 16.1 Å². The molecule has 3 aromatic rings. The van der Waals surface area contributed by atoms with Gasteiger partial charge in [0.2, 0.25) is 5.91 Å². The summed E-state index contributed by atoms with van der Waals surface area (Å²) in [6.07, 6.45) is 2.42. The molecule has 2 aliphatic rings. The van der Waals surface area contributed by atoms with Crippen LogP contribution in [0.4, 0.5) is 0 Å². The Kier molecular flexibility index (Phi) is 6.45. The summed E-state index contributed by atoms with van der Waals surface area (Å²) in [5.41, 5.74) is 3.46. The van der Waals surface area contributed by atoms with E-state index in [1.807, 2.05) is 94.7 Å². The van der Waals surface area contributed by atoms with E-state index in [4.69, 9.17) is 4.74 Å². The molecule has 0 bridgehead atoms. The van der Waals surface area contributed by atoms with Crippen LogP contribution >= 0.6 is 0 Å².